The molecule has 0 unspecified atom stereocenters. The lowest BCUT2D eigenvalue weighted by molar-refractivity contribution is -0.0727. The zero-order valence-corrected chi connectivity index (χ0v) is 15.9. The fourth-order valence-corrected chi connectivity index (χ4v) is 6.78. The highest BCUT2D eigenvalue weighted by atomic mass is 35.5. The molecule has 6 rings (SSSR count). The number of nitrogens with zero attached hydrogens (tertiary/aromatic N) is 3. The number of rotatable bonds is 4. The Morgan fingerprint density at radius 1 is 1.31 bits per heavy atom. The first kappa shape index (κ1) is 16.5. The Bertz CT molecular complexity index is 825. The van der Waals surface area contributed by atoms with E-state index < -0.39 is 0 Å². The summed E-state index contributed by atoms with van der Waals surface area (Å²) in [6.45, 7) is 2.19. The molecule has 1 N–H and O–H groups in total. The van der Waals surface area contributed by atoms with Gasteiger partial charge in [0.2, 0.25) is 0 Å². The second-order valence-corrected chi connectivity index (χ2v) is 9.14. The van der Waals surface area contributed by atoms with Gasteiger partial charge in [0.1, 0.15) is 5.02 Å². The predicted octanol–water partition coefficient (Wildman–Crippen LogP) is 4.11. The van der Waals surface area contributed by atoms with Crippen molar-refractivity contribution in [3.63, 3.8) is 0 Å². The van der Waals surface area contributed by atoms with E-state index in [0.29, 0.717) is 10.7 Å². The Kier molecular flexibility index (Phi) is 3.78. The first-order chi connectivity index (χ1) is 12.6. The minimum atomic E-state index is -0.164. The first-order valence-corrected chi connectivity index (χ1v) is 10.3. The number of hydrogen-bond donors (Lipinski definition) is 1. The Labute approximate surface area is 158 Å². The fraction of sp³-hybridized carbons (Fsp3) is 0.650. The summed E-state index contributed by atoms with van der Waals surface area (Å²) in [6.07, 6.45) is 12.4. The molecule has 2 heterocycles. The number of hydrogen-bond acceptors (Lipinski definition) is 3. The van der Waals surface area contributed by atoms with Gasteiger partial charge in [0.15, 0.2) is 11.3 Å². The molecule has 26 heavy (non-hydrogen) atoms. The molecule has 138 valence electrons. The number of aromatic nitrogens is 3. The molecule has 2 aromatic rings. The van der Waals surface area contributed by atoms with Crippen molar-refractivity contribution in [1.82, 2.24) is 19.9 Å². The number of carbonyl (C=O) groups excluding carboxylic acids is 1. The molecule has 0 spiro atoms. The quantitative estimate of drug-likeness (QED) is 0.878. The third-order valence-corrected chi connectivity index (χ3v) is 7.44. The van der Waals surface area contributed by atoms with Crippen LogP contribution < -0.4 is 5.32 Å². The van der Waals surface area contributed by atoms with Gasteiger partial charge in [-0.2, -0.15) is 5.10 Å². The maximum atomic E-state index is 13.0. The van der Waals surface area contributed by atoms with E-state index in [9.17, 15) is 4.79 Å². The third kappa shape index (κ3) is 2.47. The Morgan fingerprint density at radius 3 is 2.54 bits per heavy atom. The van der Waals surface area contributed by atoms with Gasteiger partial charge < -0.3 is 5.32 Å². The molecule has 1 amide bonds. The van der Waals surface area contributed by atoms with E-state index in [4.69, 9.17) is 11.6 Å². The molecule has 4 aliphatic carbocycles. The van der Waals surface area contributed by atoms with Crippen LogP contribution in [0.3, 0.4) is 0 Å². The maximum absolute atomic E-state index is 13.0. The summed E-state index contributed by atoms with van der Waals surface area (Å²) in [4.78, 5) is 17.2. The lowest BCUT2D eigenvalue weighted by atomic mass is 9.47. The SMILES string of the molecule is CC[C@@H](NC(=O)c1nn2cccnc2c1Cl)C12CC3CC(CC(C3)C1)C2. The van der Waals surface area contributed by atoms with E-state index in [1.807, 2.05) is 0 Å². The van der Waals surface area contributed by atoms with Crippen molar-refractivity contribution in [1.29, 1.82) is 0 Å². The highest BCUT2D eigenvalue weighted by Gasteiger charge is 2.54. The van der Waals surface area contributed by atoms with Crippen LogP contribution in [0.2, 0.25) is 5.02 Å². The molecular formula is C20H25ClN4O. The number of amides is 1. The molecule has 5 nitrogen and oxygen atoms in total. The van der Waals surface area contributed by atoms with Crippen molar-refractivity contribution < 1.29 is 4.79 Å². The summed E-state index contributed by atoms with van der Waals surface area (Å²) >= 11 is 6.39. The minimum absolute atomic E-state index is 0.164. The number of halogens is 1. The zero-order valence-electron chi connectivity index (χ0n) is 15.1. The zero-order chi connectivity index (χ0) is 17.9. The van der Waals surface area contributed by atoms with Crippen LogP contribution in [-0.4, -0.2) is 26.5 Å². The smallest absolute Gasteiger partial charge is 0.273 e. The largest absolute Gasteiger partial charge is 0.347 e. The van der Waals surface area contributed by atoms with E-state index in [2.05, 4.69) is 22.3 Å². The molecule has 4 fully saturated rings. The lowest BCUT2D eigenvalue weighted by Gasteiger charge is -2.59. The Morgan fingerprint density at radius 2 is 1.96 bits per heavy atom. The molecule has 0 radical (unpaired) electrons. The highest BCUT2D eigenvalue weighted by molar-refractivity contribution is 6.36. The second kappa shape index (κ2) is 5.95. The van der Waals surface area contributed by atoms with E-state index in [1.54, 1.807) is 23.0 Å². The van der Waals surface area contributed by atoms with Gasteiger partial charge in [-0.25, -0.2) is 9.50 Å². The summed E-state index contributed by atoms with van der Waals surface area (Å²) in [6, 6.07) is 1.99. The van der Waals surface area contributed by atoms with E-state index >= 15 is 0 Å². The molecule has 0 aromatic carbocycles. The van der Waals surface area contributed by atoms with Crippen molar-refractivity contribution in [2.45, 2.75) is 57.9 Å². The predicted molar refractivity (Wildman–Crippen MR) is 100 cm³/mol. The summed E-state index contributed by atoms with van der Waals surface area (Å²) in [5.41, 5.74) is 1.10. The van der Waals surface area contributed by atoms with Crippen LogP contribution in [0.25, 0.3) is 5.65 Å². The fourth-order valence-electron chi connectivity index (χ4n) is 6.52. The molecule has 4 aliphatic rings. The van der Waals surface area contributed by atoms with Gasteiger partial charge in [0.05, 0.1) is 0 Å². The van der Waals surface area contributed by atoms with Crippen molar-refractivity contribution in [2.75, 3.05) is 0 Å². The van der Waals surface area contributed by atoms with Crippen LogP contribution in [0.1, 0.15) is 62.4 Å². The van der Waals surface area contributed by atoms with Crippen molar-refractivity contribution in [3.8, 4) is 0 Å². The first-order valence-electron chi connectivity index (χ1n) is 9.87. The molecular weight excluding hydrogens is 348 g/mol. The normalized spacial score (nSPS) is 33.5. The standard InChI is InChI=1S/C20H25ClN4O/c1-2-15(20-9-12-6-13(10-20)8-14(7-12)11-20)23-19(26)17-16(21)18-22-4-3-5-25(18)24-17/h3-5,12-15H,2,6-11H2,1H3,(H,23,26)/t12?,13?,14?,15-,20?/m1/s1. The van der Waals surface area contributed by atoms with Crippen LogP contribution in [-0.2, 0) is 0 Å². The summed E-state index contributed by atoms with van der Waals surface area (Å²) in [5.74, 6) is 2.45. The average Bonchev–Trinajstić information content (AvgIpc) is 2.95. The molecule has 0 aliphatic heterocycles. The number of nitrogens with one attached hydrogen (secondary N) is 1. The molecule has 4 saturated carbocycles. The molecule has 6 heteroatoms. The molecule has 1 atom stereocenters. The minimum Gasteiger partial charge on any atom is -0.347 e. The molecule has 0 saturated heterocycles. The van der Waals surface area contributed by atoms with Gasteiger partial charge in [0.25, 0.3) is 5.91 Å². The van der Waals surface area contributed by atoms with Gasteiger partial charge in [-0.3, -0.25) is 4.79 Å². The Balaban J connectivity index is 1.42. The Hall–Kier alpha value is -1.62. The van der Waals surface area contributed by atoms with Crippen LogP contribution in [0, 0.1) is 23.2 Å². The van der Waals surface area contributed by atoms with Crippen LogP contribution in [0.4, 0.5) is 0 Å². The van der Waals surface area contributed by atoms with Crippen LogP contribution in [0.15, 0.2) is 18.5 Å². The molecule has 4 bridgehead atoms. The van der Waals surface area contributed by atoms with Crippen molar-refractivity contribution >= 4 is 23.2 Å². The van der Waals surface area contributed by atoms with Gasteiger partial charge in [0, 0.05) is 18.4 Å². The topological polar surface area (TPSA) is 59.3 Å². The van der Waals surface area contributed by atoms with Gasteiger partial charge in [-0.05, 0) is 74.2 Å². The van der Waals surface area contributed by atoms with Crippen molar-refractivity contribution in [2.24, 2.45) is 23.2 Å². The average molecular weight is 373 g/mol. The number of carbonyl (C=O) groups is 1. The summed E-state index contributed by atoms with van der Waals surface area (Å²) in [7, 11) is 0. The highest BCUT2D eigenvalue weighted by Crippen LogP contribution is 2.61. The van der Waals surface area contributed by atoms with E-state index in [-0.39, 0.29) is 23.1 Å². The van der Waals surface area contributed by atoms with Crippen molar-refractivity contribution in [3.05, 3.63) is 29.2 Å². The summed E-state index contributed by atoms with van der Waals surface area (Å²) in [5, 5.41) is 8.01. The lowest BCUT2D eigenvalue weighted by Crippen LogP contribution is -2.56. The van der Waals surface area contributed by atoms with E-state index in [0.717, 1.165) is 24.2 Å². The van der Waals surface area contributed by atoms with Gasteiger partial charge in [-0.1, -0.05) is 18.5 Å². The van der Waals surface area contributed by atoms with Crippen LogP contribution >= 0.6 is 11.6 Å². The van der Waals surface area contributed by atoms with Gasteiger partial charge >= 0.3 is 0 Å². The third-order valence-electron chi connectivity index (χ3n) is 7.09. The van der Waals surface area contributed by atoms with E-state index in [1.165, 1.54) is 38.5 Å². The molecule has 2 aromatic heterocycles. The van der Waals surface area contributed by atoms with Gasteiger partial charge in [-0.15, -0.1) is 0 Å². The second-order valence-electron chi connectivity index (χ2n) is 8.76. The maximum Gasteiger partial charge on any atom is 0.273 e. The summed E-state index contributed by atoms with van der Waals surface area (Å²) < 4.78 is 1.57. The number of fused-ring (bicyclic) bond motifs is 1. The monoisotopic (exact) mass is 372 g/mol. The van der Waals surface area contributed by atoms with Crippen LogP contribution in [0.5, 0.6) is 0 Å².